The summed E-state index contributed by atoms with van der Waals surface area (Å²) >= 11 is 0. The number of hydrogen-bond donors (Lipinski definition) is 0. The topological polar surface area (TPSA) is 21.4 Å². The maximum Gasteiger partial charge on any atom is 0.216 e. The van der Waals surface area contributed by atoms with Crippen molar-refractivity contribution in [1.29, 1.82) is 0 Å². The third-order valence-electron chi connectivity index (χ3n) is 5.34. The molecule has 0 saturated heterocycles. The van der Waals surface area contributed by atoms with Crippen molar-refractivity contribution in [3.8, 4) is 11.3 Å². The average Bonchev–Trinajstić information content (AvgIpc) is 3.09. The monoisotopic (exact) mass is 387 g/mol. The second kappa shape index (κ2) is 7.04. The number of pyridine rings is 1. The molecule has 0 aliphatic carbocycles. The van der Waals surface area contributed by atoms with Crippen LogP contribution >= 0.6 is 0 Å². The van der Waals surface area contributed by atoms with E-state index < -0.39 is 12.3 Å². The van der Waals surface area contributed by atoms with Gasteiger partial charge in [0.05, 0.1) is 14.9 Å². The third kappa shape index (κ3) is 3.19. The molecule has 0 amide bonds. The summed E-state index contributed by atoms with van der Waals surface area (Å²) in [6.07, 6.45) is -1.83. The Morgan fingerprint density at radius 1 is 1.14 bits per heavy atom. The highest BCUT2D eigenvalue weighted by Gasteiger charge is 2.23. The molecule has 2 heterocycles. The number of hydrogen-bond acceptors (Lipinski definition) is 1. The molecule has 0 unspecified atom stereocenters. The summed E-state index contributed by atoms with van der Waals surface area (Å²) in [7, 11) is 1.80. The lowest BCUT2D eigenvalue weighted by Gasteiger charge is -2.11. The summed E-state index contributed by atoms with van der Waals surface area (Å²) in [4.78, 5) is 3.62. The van der Waals surface area contributed by atoms with Crippen molar-refractivity contribution in [3.63, 3.8) is 0 Å². The van der Waals surface area contributed by atoms with E-state index in [1.807, 2.05) is 38.1 Å². The van der Waals surface area contributed by atoms with E-state index in [4.69, 9.17) is 16.5 Å². The molecule has 0 aliphatic heterocycles. The summed E-state index contributed by atoms with van der Waals surface area (Å²) in [5.74, 6) is -0.399. The molecule has 2 aromatic heterocycles. The molecular weight excluding hydrogens is 356 g/mol. The number of benzene rings is 2. The van der Waals surface area contributed by atoms with Gasteiger partial charge in [0.1, 0.15) is 18.2 Å². The lowest BCUT2D eigenvalue weighted by molar-refractivity contribution is -0.666. The molecule has 4 aromatic rings. The molecule has 0 spiro atoms. The van der Waals surface area contributed by atoms with Crippen LogP contribution in [0.25, 0.3) is 38.0 Å². The van der Waals surface area contributed by atoms with E-state index >= 15 is 0 Å². The molecule has 0 aliphatic rings. The number of aryl methyl sites for hydroxylation is 2. The van der Waals surface area contributed by atoms with Crippen molar-refractivity contribution < 1.29 is 14.5 Å². The minimum Gasteiger partial charge on any atom is -0.455 e. The molecule has 0 N–H and O–H groups in total. The van der Waals surface area contributed by atoms with E-state index in [1.165, 1.54) is 0 Å². The molecule has 4 rings (SSSR count). The Kier molecular flexibility index (Phi) is 3.60. The summed E-state index contributed by atoms with van der Waals surface area (Å²) in [6.45, 7) is 16.6. The summed E-state index contributed by atoms with van der Waals surface area (Å²) < 4.78 is 43.1. The van der Waals surface area contributed by atoms with Gasteiger partial charge in [-0.1, -0.05) is 26.0 Å². The van der Waals surface area contributed by atoms with Crippen molar-refractivity contribution in [2.45, 2.75) is 41.0 Å². The van der Waals surface area contributed by atoms with Gasteiger partial charge in [0.15, 0.2) is 11.4 Å². The van der Waals surface area contributed by atoms with Crippen LogP contribution in [0.15, 0.2) is 40.8 Å². The fraction of sp³-hybridized carbons (Fsp3) is 0.308. The Balaban J connectivity index is 2.18. The van der Waals surface area contributed by atoms with E-state index in [9.17, 15) is 0 Å². The Morgan fingerprint density at radius 3 is 2.59 bits per heavy atom. The van der Waals surface area contributed by atoms with E-state index in [0.717, 1.165) is 21.9 Å². The van der Waals surface area contributed by atoms with Crippen molar-refractivity contribution in [2.75, 3.05) is 0 Å². The fourth-order valence-electron chi connectivity index (χ4n) is 3.75. The SMILES string of the molecule is [2H]c1c(C([2H])([2H])C(C)C)c([2H])c(-c2c(C)ccc3c2oc2cc(C)c([N+]#[C-])cc23)[n+](C)c1C. The zero-order chi connectivity index (χ0) is 24.4. The predicted molar refractivity (Wildman–Crippen MR) is 119 cm³/mol. The standard InChI is InChI=1S/C26H27N2O/c1-15(2)10-19-12-18(5)28(7)23(13-19)25-16(3)8-9-20-21-14-22(27-6)17(4)11-24(21)29-26(20)25/h8-9,11-15H,10H2,1-5,7H3/q+1/i10D2,12D,13D. The maximum atomic E-state index is 9.05. The molecule has 3 heteroatoms. The van der Waals surface area contributed by atoms with E-state index in [-0.39, 0.29) is 17.6 Å². The zero-order valence-electron chi connectivity index (χ0n) is 21.7. The van der Waals surface area contributed by atoms with Crippen LogP contribution in [0.2, 0.25) is 0 Å². The number of nitrogens with zero attached hydrogens (tertiary/aromatic N) is 2. The molecule has 146 valence electrons. The maximum absolute atomic E-state index is 9.05. The largest absolute Gasteiger partial charge is 0.455 e. The lowest BCUT2D eigenvalue weighted by Crippen LogP contribution is -2.35. The quantitative estimate of drug-likeness (QED) is 0.281. The van der Waals surface area contributed by atoms with Gasteiger partial charge >= 0.3 is 0 Å². The van der Waals surface area contributed by atoms with Gasteiger partial charge in [0, 0.05) is 32.5 Å². The molecule has 2 aromatic carbocycles. The first-order valence-corrected chi connectivity index (χ1v) is 9.76. The zero-order valence-corrected chi connectivity index (χ0v) is 17.7. The molecule has 29 heavy (non-hydrogen) atoms. The van der Waals surface area contributed by atoms with Crippen LogP contribution in [-0.2, 0) is 13.4 Å². The second-order valence-corrected chi connectivity index (χ2v) is 7.90. The highest BCUT2D eigenvalue weighted by Crippen LogP contribution is 2.39. The second-order valence-electron chi connectivity index (χ2n) is 7.90. The number of rotatable bonds is 3. The fourth-order valence-corrected chi connectivity index (χ4v) is 3.75. The first-order valence-electron chi connectivity index (χ1n) is 11.8. The van der Waals surface area contributed by atoms with Gasteiger partial charge in [-0.25, -0.2) is 4.85 Å². The predicted octanol–water partition coefficient (Wildman–Crippen LogP) is 6.75. The summed E-state index contributed by atoms with van der Waals surface area (Å²) in [6, 6.07) is 7.68. The molecule has 0 atom stereocenters. The van der Waals surface area contributed by atoms with Crippen LogP contribution in [-0.4, -0.2) is 0 Å². The highest BCUT2D eigenvalue weighted by atomic mass is 16.3. The average molecular weight is 388 g/mol. The Bertz CT molecular complexity index is 1490. The normalized spacial score (nSPS) is 14.0. The van der Waals surface area contributed by atoms with Crippen molar-refractivity contribution >= 4 is 27.6 Å². The first-order chi connectivity index (χ1) is 15.4. The molecule has 0 radical (unpaired) electrons. The molecule has 0 saturated carbocycles. The first kappa shape index (κ1) is 14.8. The number of aromatic nitrogens is 1. The van der Waals surface area contributed by atoms with Crippen LogP contribution < -0.4 is 4.57 Å². The van der Waals surface area contributed by atoms with Crippen LogP contribution in [0, 0.1) is 33.3 Å². The minimum atomic E-state index is -1.83. The van der Waals surface area contributed by atoms with E-state index in [2.05, 4.69) is 4.85 Å². The van der Waals surface area contributed by atoms with Gasteiger partial charge in [0.25, 0.3) is 0 Å². The molecule has 0 bridgehead atoms. The van der Waals surface area contributed by atoms with Crippen LogP contribution in [0.3, 0.4) is 0 Å². The lowest BCUT2D eigenvalue weighted by atomic mass is 9.96. The smallest absolute Gasteiger partial charge is 0.216 e. The molecule has 3 nitrogen and oxygen atoms in total. The van der Waals surface area contributed by atoms with E-state index in [1.54, 1.807) is 32.4 Å². The van der Waals surface area contributed by atoms with Gasteiger partial charge in [-0.15, -0.1) is 0 Å². The van der Waals surface area contributed by atoms with Crippen LogP contribution in [0.4, 0.5) is 5.69 Å². The van der Waals surface area contributed by atoms with Gasteiger partial charge in [0.2, 0.25) is 5.69 Å². The van der Waals surface area contributed by atoms with Crippen molar-refractivity contribution in [1.82, 2.24) is 0 Å². The van der Waals surface area contributed by atoms with Gasteiger partial charge in [-0.3, -0.25) is 0 Å². The highest BCUT2D eigenvalue weighted by molar-refractivity contribution is 6.10. The Hall–Kier alpha value is -3.12. The van der Waals surface area contributed by atoms with Crippen molar-refractivity contribution in [2.24, 2.45) is 13.0 Å². The minimum absolute atomic E-state index is 0.000818. The number of fused-ring (bicyclic) bond motifs is 3. The van der Waals surface area contributed by atoms with Gasteiger partial charge in [-0.2, -0.15) is 4.57 Å². The van der Waals surface area contributed by atoms with Crippen molar-refractivity contribution in [3.05, 3.63) is 70.2 Å². The van der Waals surface area contributed by atoms with Gasteiger partial charge < -0.3 is 4.42 Å². The summed E-state index contributed by atoms with van der Waals surface area (Å²) in [5, 5.41) is 1.68. The third-order valence-corrected chi connectivity index (χ3v) is 5.34. The summed E-state index contributed by atoms with van der Waals surface area (Å²) in [5.41, 5.74) is 5.48. The molecule has 0 fully saturated rings. The Morgan fingerprint density at radius 2 is 1.90 bits per heavy atom. The van der Waals surface area contributed by atoms with Gasteiger partial charge in [-0.05, 0) is 55.0 Å². The Labute approximate surface area is 178 Å². The number of furan rings is 1. The molecular formula is C26H27N2O+. The van der Waals surface area contributed by atoms with Crippen LogP contribution in [0.5, 0.6) is 0 Å². The van der Waals surface area contributed by atoms with Crippen LogP contribution in [0.1, 0.15) is 41.7 Å². The van der Waals surface area contributed by atoms with E-state index in [0.29, 0.717) is 33.8 Å².